The highest BCUT2D eigenvalue weighted by Crippen LogP contribution is 2.30. The van der Waals surface area contributed by atoms with E-state index >= 15 is 0 Å². The molecular weight excluding hydrogens is 529 g/mol. The first-order valence-corrected chi connectivity index (χ1v) is 13.5. The molecule has 0 fully saturated rings. The van der Waals surface area contributed by atoms with E-state index in [2.05, 4.69) is 0 Å². The summed E-state index contributed by atoms with van der Waals surface area (Å²) in [5.41, 5.74) is -0.0484. The van der Waals surface area contributed by atoms with E-state index in [-0.39, 0.29) is 24.6 Å². The lowest BCUT2D eigenvalue weighted by molar-refractivity contribution is -0.137. The summed E-state index contributed by atoms with van der Waals surface area (Å²) in [6, 6.07) is 13.7. The highest BCUT2D eigenvalue weighted by Gasteiger charge is 2.31. The first-order chi connectivity index (χ1) is 18.7. The van der Waals surface area contributed by atoms with Gasteiger partial charge in [-0.15, -0.1) is 11.3 Å². The van der Waals surface area contributed by atoms with Gasteiger partial charge in [0.15, 0.2) is 11.5 Å². The highest BCUT2D eigenvalue weighted by molar-refractivity contribution is 7.09. The zero-order valence-electron chi connectivity index (χ0n) is 22.3. The summed E-state index contributed by atoms with van der Waals surface area (Å²) >= 11 is 1.52. The number of nitrogens with zero attached hydrogens (tertiary/aromatic N) is 2. The largest absolute Gasteiger partial charge is 0.493 e. The molecule has 0 saturated heterocycles. The van der Waals surface area contributed by atoms with Crippen LogP contribution in [0.4, 0.5) is 13.2 Å². The van der Waals surface area contributed by atoms with Gasteiger partial charge in [-0.3, -0.25) is 9.59 Å². The van der Waals surface area contributed by atoms with Crippen molar-refractivity contribution in [2.24, 2.45) is 0 Å². The molecule has 0 aliphatic carbocycles. The topological polar surface area (TPSA) is 59.1 Å². The maximum Gasteiger partial charge on any atom is 0.416 e. The van der Waals surface area contributed by atoms with Gasteiger partial charge in [0.25, 0.3) is 5.91 Å². The summed E-state index contributed by atoms with van der Waals surface area (Å²) in [6.07, 6.45) is -2.65. The first-order valence-electron chi connectivity index (χ1n) is 12.6. The molecule has 2 amide bonds. The van der Waals surface area contributed by atoms with E-state index in [1.54, 1.807) is 25.2 Å². The van der Waals surface area contributed by atoms with Crippen LogP contribution in [0.2, 0.25) is 0 Å². The molecule has 210 valence electrons. The Hall–Kier alpha value is -3.53. The van der Waals surface area contributed by atoms with E-state index in [1.165, 1.54) is 28.4 Å². The Balaban J connectivity index is 1.80. The zero-order chi connectivity index (χ0) is 28.4. The summed E-state index contributed by atoms with van der Waals surface area (Å²) < 4.78 is 50.4. The van der Waals surface area contributed by atoms with Crippen LogP contribution < -0.4 is 9.47 Å². The zero-order valence-corrected chi connectivity index (χ0v) is 23.1. The number of hydrogen-bond donors (Lipinski definition) is 0. The van der Waals surface area contributed by atoms with Crippen molar-refractivity contribution in [2.45, 2.75) is 38.9 Å². The number of thiophene rings is 1. The standard InChI is InChI=1S/C29H33F3N2O4S/c1-4-5-14-34(28(36)22-8-6-9-23(18-22)29(30,31)32)20-27(35)33(19-24-10-7-16-39-24)15-13-21-11-12-25(37-2)26(17-21)38-3/h6-12,16-18H,4-5,13-15,19-20H2,1-3H3. The molecule has 1 heterocycles. The van der Waals surface area contributed by atoms with Crippen LogP contribution in [0.1, 0.15) is 46.1 Å². The van der Waals surface area contributed by atoms with Crippen molar-refractivity contribution in [3.8, 4) is 11.5 Å². The number of carbonyl (C=O) groups excluding carboxylic acids is 2. The van der Waals surface area contributed by atoms with Gasteiger partial charge in [0.1, 0.15) is 6.54 Å². The molecule has 1 aromatic heterocycles. The molecular formula is C29H33F3N2O4S. The van der Waals surface area contributed by atoms with Gasteiger partial charge in [0.05, 0.1) is 26.3 Å². The Morgan fingerprint density at radius 1 is 0.923 bits per heavy atom. The average Bonchev–Trinajstić information content (AvgIpc) is 3.45. The Bertz CT molecular complexity index is 1230. The van der Waals surface area contributed by atoms with E-state index in [9.17, 15) is 22.8 Å². The Morgan fingerprint density at radius 2 is 1.69 bits per heavy atom. The molecule has 3 aromatic rings. The number of rotatable bonds is 13. The molecule has 0 atom stereocenters. The van der Waals surface area contributed by atoms with Gasteiger partial charge in [-0.1, -0.05) is 31.5 Å². The van der Waals surface area contributed by atoms with E-state index in [0.29, 0.717) is 37.4 Å². The van der Waals surface area contributed by atoms with Gasteiger partial charge in [0.2, 0.25) is 5.91 Å². The lowest BCUT2D eigenvalue weighted by atomic mass is 10.1. The summed E-state index contributed by atoms with van der Waals surface area (Å²) in [5.74, 6) is 0.315. The minimum absolute atomic E-state index is 0.0936. The van der Waals surface area contributed by atoms with E-state index in [4.69, 9.17) is 9.47 Å². The number of benzene rings is 2. The number of unbranched alkanes of at least 4 members (excludes halogenated alkanes) is 1. The first kappa shape index (κ1) is 30.0. The second kappa shape index (κ2) is 14.0. The van der Waals surface area contributed by atoms with Gasteiger partial charge >= 0.3 is 6.18 Å². The predicted octanol–water partition coefficient (Wildman–Crippen LogP) is 6.30. The number of hydrogen-bond acceptors (Lipinski definition) is 5. The fourth-order valence-electron chi connectivity index (χ4n) is 4.06. The maximum atomic E-state index is 13.6. The maximum absolute atomic E-state index is 13.6. The van der Waals surface area contributed by atoms with E-state index < -0.39 is 17.6 Å². The van der Waals surface area contributed by atoms with Crippen LogP contribution in [-0.4, -0.2) is 55.5 Å². The third-order valence-corrected chi connectivity index (χ3v) is 7.09. The third-order valence-electron chi connectivity index (χ3n) is 6.23. The van der Waals surface area contributed by atoms with Crippen molar-refractivity contribution in [1.82, 2.24) is 9.80 Å². The highest BCUT2D eigenvalue weighted by atomic mass is 32.1. The molecule has 6 nitrogen and oxygen atoms in total. The number of alkyl halides is 3. The molecule has 0 unspecified atom stereocenters. The minimum atomic E-state index is -4.57. The van der Waals surface area contributed by atoms with Crippen LogP contribution in [0, 0.1) is 0 Å². The number of amides is 2. The molecule has 0 aliphatic heterocycles. The van der Waals surface area contributed by atoms with Crippen LogP contribution in [0.15, 0.2) is 60.0 Å². The molecule has 0 spiro atoms. The van der Waals surface area contributed by atoms with Gasteiger partial charge in [-0.2, -0.15) is 13.2 Å². The summed E-state index contributed by atoms with van der Waals surface area (Å²) in [7, 11) is 3.12. The molecule has 0 N–H and O–H groups in total. The van der Waals surface area contributed by atoms with Crippen LogP contribution in [0.3, 0.4) is 0 Å². The molecule has 0 saturated carbocycles. The third kappa shape index (κ3) is 8.48. The van der Waals surface area contributed by atoms with Crippen LogP contribution in [0.5, 0.6) is 11.5 Å². The molecule has 0 bridgehead atoms. The van der Waals surface area contributed by atoms with Crippen molar-refractivity contribution >= 4 is 23.2 Å². The van der Waals surface area contributed by atoms with E-state index in [1.807, 2.05) is 36.6 Å². The van der Waals surface area contributed by atoms with Crippen molar-refractivity contribution < 1.29 is 32.2 Å². The van der Waals surface area contributed by atoms with Crippen LogP contribution in [-0.2, 0) is 23.9 Å². The fourth-order valence-corrected chi connectivity index (χ4v) is 4.78. The number of ether oxygens (including phenoxy) is 2. The molecule has 2 aromatic carbocycles. The molecule has 0 radical (unpaired) electrons. The molecule has 39 heavy (non-hydrogen) atoms. The summed E-state index contributed by atoms with van der Waals surface area (Å²) in [5, 5.41) is 1.93. The van der Waals surface area contributed by atoms with Gasteiger partial charge in [0, 0.05) is 23.5 Å². The molecule has 10 heteroatoms. The Morgan fingerprint density at radius 3 is 2.33 bits per heavy atom. The predicted molar refractivity (Wildman–Crippen MR) is 145 cm³/mol. The molecule has 3 rings (SSSR count). The lowest BCUT2D eigenvalue weighted by Crippen LogP contribution is -2.43. The Labute approximate surface area is 230 Å². The van der Waals surface area contributed by atoms with Crippen molar-refractivity contribution in [1.29, 1.82) is 0 Å². The van der Waals surface area contributed by atoms with Crippen molar-refractivity contribution in [3.63, 3.8) is 0 Å². The smallest absolute Gasteiger partial charge is 0.416 e. The van der Waals surface area contributed by atoms with Crippen molar-refractivity contribution in [3.05, 3.63) is 81.5 Å². The Kier molecular flexibility index (Phi) is 10.8. The quantitative estimate of drug-likeness (QED) is 0.245. The minimum Gasteiger partial charge on any atom is -0.493 e. The van der Waals surface area contributed by atoms with Gasteiger partial charge in [-0.05, 0) is 60.2 Å². The van der Waals surface area contributed by atoms with Crippen LogP contribution in [0.25, 0.3) is 0 Å². The number of methoxy groups -OCH3 is 2. The van der Waals surface area contributed by atoms with Gasteiger partial charge < -0.3 is 19.3 Å². The summed E-state index contributed by atoms with van der Waals surface area (Å²) in [4.78, 5) is 30.9. The second-order valence-electron chi connectivity index (χ2n) is 8.99. The SMILES string of the molecule is CCCCN(CC(=O)N(CCc1ccc(OC)c(OC)c1)Cc1cccs1)C(=O)c1cccc(C(F)(F)F)c1. The fraction of sp³-hybridized carbons (Fsp3) is 0.379. The second-order valence-corrected chi connectivity index (χ2v) is 10.0. The summed E-state index contributed by atoms with van der Waals surface area (Å²) in [6.45, 7) is 2.72. The van der Waals surface area contributed by atoms with Gasteiger partial charge in [-0.25, -0.2) is 0 Å². The van der Waals surface area contributed by atoms with Crippen molar-refractivity contribution in [2.75, 3.05) is 33.9 Å². The number of halogens is 3. The average molecular weight is 563 g/mol. The number of carbonyl (C=O) groups is 2. The molecule has 0 aliphatic rings. The normalized spacial score (nSPS) is 11.2. The van der Waals surface area contributed by atoms with Crippen LogP contribution >= 0.6 is 11.3 Å². The monoisotopic (exact) mass is 562 g/mol. The lowest BCUT2D eigenvalue weighted by Gasteiger charge is -2.28. The van der Waals surface area contributed by atoms with E-state index in [0.717, 1.165) is 29.0 Å².